The van der Waals surface area contributed by atoms with Crippen molar-refractivity contribution < 1.29 is 22.7 Å². The lowest BCUT2D eigenvalue weighted by molar-refractivity contribution is -0.122. The van der Waals surface area contributed by atoms with E-state index < -0.39 is 22.0 Å². The second-order valence-corrected chi connectivity index (χ2v) is 9.00. The lowest BCUT2D eigenvalue weighted by Crippen LogP contribution is -2.46. The summed E-state index contributed by atoms with van der Waals surface area (Å²) in [5, 5.41) is 5.36. The molecule has 1 aliphatic heterocycles. The SMILES string of the molecule is CC(=O)Nc1ccc(S(=O)(=O)N[C@@H](C)C(=O)NCC2COc3ccccc3C2)cc1. The molecule has 8 nitrogen and oxygen atoms in total. The summed E-state index contributed by atoms with van der Waals surface area (Å²) in [6.07, 6.45) is 0.789. The van der Waals surface area contributed by atoms with Gasteiger partial charge in [0, 0.05) is 25.1 Å². The van der Waals surface area contributed by atoms with Crippen molar-refractivity contribution in [1.29, 1.82) is 0 Å². The van der Waals surface area contributed by atoms with Gasteiger partial charge in [-0.1, -0.05) is 18.2 Å². The number of hydrogen-bond donors (Lipinski definition) is 3. The highest BCUT2D eigenvalue weighted by Gasteiger charge is 2.24. The first-order valence-corrected chi connectivity index (χ1v) is 11.1. The molecule has 2 aromatic rings. The average molecular weight is 432 g/mol. The number of ether oxygens (including phenoxy) is 1. The minimum atomic E-state index is -3.88. The summed E-state index contributed by atoms with van der Waals surface area (Å²) in [7, 11) is -3.88. The zero-order valence-electron chi connectivity index (χ0n) is 16.8. The summed E-state index contributed by atoms with van der Waals surface area (Å²) in [5.74, 6) is 0.327. The molecule has 1 unspecified atom stereocenters. The third-order valence-electron chi connectivity index (χ3n) is 4.73. The highest BCUT2D eigenvalue weighted by molar-refractivity contribution is 7.89. The zero-order valence-corrected chi connectivity index (χ0v) is 17.7. The number of anilines is 1. The Morgan fingerprint density at radius 3 is 2.53 bits per heavy atom. The molecule has 0 aromatic heterocycles. The maximum absolute atomic E-state index is 12.5. The third-order valence-corrected chi connectivity index (χ3v) is 6.29. The van der Waals surface area contributed by atoms with Crippen LogP contribution in [-0.2, 0) is 26.0 Å². The van der Waals surface area contributed by atoms with Crippen molar-refractivity contribution in [3.05, 3.63) is 54.1 Å². The number of hydrogen-bond acceptors (Lipinski definition) is 5. The van der Waals surface area contributed by atoms with Gasteiger partial charge in [0.2, 0.25) is 21.8 Å². The Hall–Kier alpha value is -2.91. The monoisotopic (exact) mass is 431 g/mol. The number of sulfonamides is 1. The largest absolute Gasteiger partial charge is 0.493 e. The molecule has 160 valence electrons. The van der Waals surface area contributed by atoms with E-state index >= 15 is 0 Å². The standard InChI is InChI=1S/C21H25N3O5S/c1-14(24-30(27,28)19-9-7-18(8-10-19)23-15(2)25)21(26)22-12-16-11-17-5-3-4-6-20(17)29-13-16/h3-10,14,16,24H,11-13H2,1-2H3,(H,22,26)(H,23,25)/t14-,16?/m0/s1. The van der Waals surface area contributed by atoms with Crippen LogP contribution in [0.3, 0.4) is 0 Å². The molecule has 0 spiro atoms. The fourth-order valence-corrected chi connectivity index (χ4v) is 4.40. The molecular formula is C21H25N3O5S. The van der Waals surface area contributed by atoms with Crippen molar-refractivity contribution in [2.24, 2.45) is 5.92 Å². The number of benzene rings is 2. The first kappa shape index (κ1) is 21.8. The van der Waals surface area contributed by atoms with Gasteiger partial charge in [-0.25, -0.2) is 8.42 Å². The van der Waals surface area contributed by atoms with Gasteiger partial charge in [-0.3, -0.25) is 9.59 Å². The summed E-state index contributed by atoms with van der Waals surface area (Å²) in [6, 6.07) is 12.6. The van der Waals surface area contributed by atoms with E-state index in [2.05, 4.69) is 15.4 Å². The maximum atomic E-state index is 12.5. The molecule has 30 heavy (non-hydrogen) atoms. The highest BCUT2D eigenvalue weighted by Crippen LogP contribution is 2.26. The lowest BCUT2D eigenvalue weighted by atomic mass is 9.97. The Morgan fingerprint density at radius 1 is 1.13 bits per heavy atom. The highest BCUT2D eigenvalue weighted by atomic mass is 32.2. The molecular weight excluding hydrogens is 406 g/mol. The summed E-state index contributed by atoms with van der Waals surface area (Å²) < 4.78 is 33.1. The van der Waals surface area contributed by atoms with E-state index in [1.807, 2.05) is 24.3 Å². The first-order valence-electron chi connectivity index (χ1n) is 9.63. The summed E-state index contributed by atoms with van der Waals surface area (Å²) in [6.45, 7) is 3.75. The molecule has 0 saturated carbocycles. The van der Waals surface area contributed by atoms with Gasteiger partial charge in [-0.15, -0.1) is 0 Å². The number of nitrogens with one attached hydrogen (secondary N) is 3. The van der Waals surface area contributed by atoms with Crippen LogP contribution in [0.25, 0.3) is 0 Å². The molecule has 0 fully saturated rings. The van der Waals surface area contributed by atoms with E-state index in [0.717, 1.165) is 17.7 Å². The van der Waals surface area contributed by atoms with Crippen LogP contribution in [0.5, 0.6) is 5.75 Å². The van der Waals surface area contributed by atoms with Crippen LogP contribution in [0, 0.1) is 5.92 Å². The summed E-state index contributed by atoms with van der Waals surface area (Å²) in [5.41, 5.74) is 1.59. The van der Waals surface area contributed by atoms with Crippen molar-refractivity contribution in [3.63, 3.8) is 0 Å². The number of fused-ring (bicyclic) bond motifs is 1. The first-order chi connectivity index (χ1) is 14.2. The van der Waals surface area contributed by atoms with Gasteiger partial charge in [0.05, 0.1) is 17.5 Å². The van der Waals surface area contributed by atoms with Crippen molar-refractivity contribution in [1.82, 2.24) is 10.0 Å². The van der Waals surface area contributed by atoms with Crippen LogP contribution in [0.2, 0.25) is 0 Å². The molecule has 1 aliphatic rings. The number of carbonyl (C=O) groups excluding carboxylic acids is 2. The van der Waals surface area contributed by atoms with Gasteiger partial charge in [0.1, 0.15) is 5.75 Å². The molecule has 9 heteroatoms. The third kappa shape index (κ3) is 5.58. The Balaban J connectivity index is 1.52. The lowest BCUT2D eigenvalue weighted by Gasteiger charge is -2.26. The predicted octanol–water partition coefficient (Wildman–Crippen LogP) is 1.68. The van der Waals surface area contributed by atoms with Crippen LogP contribution < -0.4 is 20.1 Å². The van der Waals surface area contributed by atoms with E-state index in [-0.39, 0.29) is 16.7 Å². The molecule has 3 N–H and O–H groups in total. The Kier molecular flexibility index (Phi) is 6.73. The average Bonchev–Trinajstić information content (AvgIpc) is 2.71. The van der Waals surface area contributed by atoms with E-state index in [4.69, 9.17) is 4.74 Å². The molecule has 0 bridgehead atoms. The Labute approximate surface area is 176 Å². The molecule has 2 aromatic carbocycles. The van der Waals surface area contributed by atoms with Crippen LogP contribution in [0.15, 0.2) is 53.4 Å². The van der Waals surface area contributed by atoms with Crippen LogP contribution >= 0.6 is 0 Å². The van der Waals surface area contributed by atoms with Gasteiger partial charge in [-0.2, -0.15) is 4.72 Å². The molecule has 0 saturated heterocycles. The van der Waals surface area contributed by atoms with E-state index in [9.17, 15) is 18.0 Å². The second-order valence-electron chi connectivity index (χ2n) is 7.28. The summed E-state index contributed by atoms with van der Waals surface area (Å²) in [4.78, 5) is 23.5. The molecule has 0 radical (unpaired) electrons. The quantitative estimate of drug-likeness (QED) is 0.617. The summed E-state index contributed by atoms with van der Waals surface area (Å²) >= 11 is 0. The second kappa shape index (κ2) is 9.27. The van der Waals surface area contributed by atoms with Crippen molar-refractivity contribution in [2.45, 2.75) is 31.2 Å². The Bertz CT molecular complexity index is 1020. The minimum Gasteiger partial charge on any atom is -0.493 e. The van der Waals surface area contributed by atoms with Gasteiger partial charge in [0.25, 0.3) is 0 Å². The fraction of sp³-hybridized carbons (Fsp3) is 0.333. The van der Waals surface area contributed by atoms with Crippen LogP contribution in [0.1, 0.15) is 19.4 Å². The van der Waals surface area contributed by atoms with Crippen molar-refractivity contribution in [2.75, 3.05) is 18.5 Å². The number of amides is 2. The molecule has 0 aliphatic carbocycles. The van der Waals surface area contributed by atoms with E-state index in [1.165, 1.54) is 38.1 Å². The van der Waals surface area contributed by atoms with Crippen LogP contribution in [-0.4, -0.2) is 39.4 Å². The normalized spacial score (nSPS) is 16.7. The zero-order chi connectivity index (χ0) is 21.7. The van der Waals surface area contributed by atoms with Gasteiger partial charge >= 0.3 is 0 Å². The molecule has 2 amide bonds. The number of carbonyl (C=O) groups is 2. The van der Waals surface area contributed by atoms with E-state index in [0.29, 0.717) is 18.8 Å². The molecule has 1 heterocycles. The predicted molar refractivity (Wildman–Crippen MR) is 113 cm³/mol. The molecule has 2 atom stereocenters. The Morgan fingerprint density at radius 2 is 1.83 bits per heavy atom. The fourth-order valence-electron chi connectivity index (χ4n) is 3.19. The van der Waals surface area contributed by atoms with Crippen molar-refractivity contribution >= 4 is 27.5 Å². The number of rotatable bonds is 7. The minimum absolute atomic E-state index is 0.00791. The molecule has 3 rings (SSSR count). The van der Waals surface area contributed by atoms with Gasteiger partial charge < -0.3 is 15.4 Å². The topological polar surface area (TPSA) is 114 Å². The van der Waals surface area contributed by atoms with Crippen LogP contribution in [0.4, 0.5) is 5.69 Å². The van der Waals surface area contributed by atoms with Gasteiger partial charge in [0.15, 0.2) is 0 Å². The van der Waals surface area contributed by atoms with Crippen molar-refractivity contribution in [3.8, 4) is 5.75 Å². The van der Waals surface area contributed by atoms with Gasteiger partial charge in [-0.05, 0) is 49.2 Å². The number of para-hydroxylation sites is 1. The smallest absolute Gasteiger partial charge is 0.241 e. The van der Waals surface area contributed by atoms with E-state index in [1.54, 1.807) is 0 Å². The maximum Gasteiger partial charge on any atom is 0.241 e.